The minimum absolute atomic E-state index is 0.0303. The van der Waals surface area contributed by atoms with Gasteiger partial charge in [0.25, 0.3) is 0 Å². The van der Waals surface area contributed by atoms with Crippen molar-refractivity contribution >= 4 is 5.91 Å². The number of hydrogen-bond donors (Lipinski definition) is 1. The van der Waals surface area contributed by atoms with Gasteiger partial charge in [0.15, 0.2) is 0 Å². The molecule has 2 N–H and O–H groups in total. The van der Waals surface area contributed by atoms with Gasteiger partial charge in [0, 0.05) is 26.2 Å². The van der Waals surface area contributed by atoms with Crippen LogP contribution in [0.3, 0.4) is 0 Å². The maximum Gasteiger partial charge on any atom is 0.236 e. The molecule has 0 aromatic heterocycles. The van der Waals surface area contributed by atoms with Crippen LogP contribution in [-0.2, 0) is 4.79 Å². The predicted molar refractivity (Wildman–Crippen MR) is 78.6 cm³/mol. The van der Waals surface area contributed by atoms with Crippen LogP contribution >= 0.6 is 0 Å². The monoisotopic (exact) mass is 277 g/mol. The van der Waals surface area contributed by atoms with Crippen molar-refractivity contribution < 1.29 is 9.53 Å². The molecule has 0 bridgehead atoms. The number of piperazine rings is 1. The van der Waals surface area contributed by atoms with E-state index in [1.54, 1.807) is 12.0 Å². The molecular formula is C15H23N3O2. The Morgan fingerprint density at radius 1 is 1.35 bits per heavy atom. The normalized spacial score (nSPS) is 19.8. The summed E-state index contributed by atoms with van der Waals surface area (Å²) in [6.45, 7) is 3.98. The number of carbonyl (C=O) groups is 1. The lowest BCUT2D eigenvalue weighted by Crippen LogP contribution is -2.52. The average molecular weight is 277 g/mol. The number of methoxy groups -OCH3 is 1. The van der Waals surface area contributed by atoms with Crippen molar-refractivity contribution in [2.45, 2.75) is 19.0 Å². The Morgan fingerprint density at radius 3 is 2.70 bits per heavy atom. The molecule has 1 fully saturated rings. The van der Waals surface area contributed by atoms with Gasteiger partial charge in [0.1, 0.15) is 5.75 Å². The summed E-state index contributed by atoms with van der Waals surface area (Å²) in [7, 11) is 3.49. The number of nitrogens with zero attached hydrogens (tertiary/aromatic N) is 2. The molecule has 2 atom stereocenters. The molecule has 0 saturated carbocycles. The number of ether oxygens (including phenoxy) is 1. The molecule has 5 heteroatoms. The van der Waals surface area contributed by atoms with Crippen LogP contribution in [0.15, 0.2) is 24.3 Å². The molecule has 1 saturated heterocycles. The van der Waals surface area contributed by atoms with Gasteiger partial charge in [-0.3, -0.25) is 9.69 Å². The van der Waals surface area contributed by atoms with Crippen molar-refractivity contribution in [3.05, 3.63) is 29.8 Å². The lowest BCUT2D eigenvalue weighted by molar-refractivity contribution is -0.135. The molecule has 1 aliphatic rings. The number of amides is 1. The maximum absolute atomic E-state index is 11.9. The van der Waals surface area contributed by atoms with E-state index in [9.17, 15) is 4.79 Å². The van der Waals surface area contributed by atoms with Crippen LogP contribution in [0, 0.1) is 0 Å². The summed E-state index contributed by atoms with van der Waals surface area (Å²) in [5, 5.41) is 0. The second kappa shape index (κ2) is 6.24. The van der Waals surface area contributed by atoms with Crippen molar-refractivity contribution in [2.75, 3.05) is 33.8 Å². The van der Waals surface area contributed by atoms with Crippen molar-refractivity contribution in [1.82, 2.24) is 9.80 Å². The first-order chi connectivity index (χ1) is 9.52. The molecule has 1 amide bonds. The number of carbonyl (C=O) groups excluding carboxylic acids is 1. The van der Waals surface area contributed by atoms with Gasteiger partial charge in [0.2, 0.25) is 5.91 Å². The summed E-state index contributed by atoms with van der Waals surface area (Å²) in [5.74, 6) is 0.957. The van der Waals surface area contributed by atoms with Crippen LogP contribution in [0.25, 0.3) is 0 Å². The first kappa shape index (κ1) is 14.8. The van der Waals surface area contributed by atoms with E-state index in [-0.39, 0.29) is 18.0 Å². The first-order valence-electron chi connectivity index (χ1n) is 6.90. The largest absolute Gasteiger partial charge is 0.497 e. The van der Waals surface area contributed by atoms with Crippen LogP contribution in [0.1, 0.15) is 18.5 Å². The van der Waals surface area contributed by atoms with Crippen LogP contribution < -0.4 is 10.5 Å². The summed E-state index contributed by atoms with van der Waals surface area (Å²) in [4.78, 5) is 15.8. The van der Waals surface area contributed by atoms with Gasteiger partial charge in [-0.25, -0.2) is 0 Å². The molecule has 5 nitrogen and oxygen atoms in total. The number of hydrogen-bond acceptors (Lipinski definition) is 4. The van der Waals surface area contributed by atoms with Gasteiger partial charge in [-0.2, -0.15) is 0 Å². The molecule has 1 heterocycles. The van der Waals surface area contributed by atoms with Gasteiger partial charge in [0.05, 0.1) is 19.7 Å². The van der Waals surface area contributed by atoms with E-state index < -0.39 is 0 Å². The van der Waals surface area contributed by atoms with Crippen molar-refractivity contribution in [3.8, 4) is 5.75 Å². The second-order valence-electron chi connectivity index (χ2n) is 5.37. The zero-order chi connectivity index (χ0) is 14.7. The smallest absolute Gasteiger partial charge is 0.236 e. The quantitative estimate of drug-likeness (QED) is 0.886. The maximum atomic E-state index is 11.9. The molecule has 20 heavy (non-hydrogen) atoms. The highest BCUT2D eigenvalue weighted by Gasteiger charge is 2.30. The minimum atomic E-state index is -0.0571. The van der Waals surface area contributed by atoms with E-state index in [2.05, 4.69) is 4.90 Å². The fourth-order valence-electron chi connectivity index (χ4n) is 2.69. The highest BCUT2D eigenvalue weighted by Crippen LogP contribution is 2.27. The molecular weight excluding hydrogens is 254 g/mol. The molecule has 2 rings (SSSR count). The van der Waals surface area contributed by atoms with Gasteiger partial charge < -0.3 is 15.4 Å². The minimum Gasteiger partial charge on any atom is -0.497 e. The topological polar surface area (TPSA) is 58.8 Å². The third kappa shape index (κ3) is 3.11. The highest BCUT2D eigenvalue weighted by atomic mass is 16.5. The van der Waals surface area contributed by atoms with Crippen molar-refractivity contribution in [2.24, 2.45) is 5.73 Å². The molecule has 1 aromatic carbocycles. The van der Waals surface area contributed by atoms with E-state index in [0.717, 1.165) is 24.4 Å². The lowest BCUT2D eigenvalue weighted by Gasteiger charge is -2.39. The zero-order valence-electron chi connectivity index (χ0n) is 12.4. The van der Waals surface area contributed by atoms with Crippen LogP contribution in [-0.4, -0.2) is 55.5 Å². The standard InChI is InChI=1S/C15H23N3O2/c1-11(16)15(12-5-4-6-13(9-12)20-3)18-8-7-17(2)14(19)10-18/h4-6,9,11,15H,7-8,10,16H2,1-3H3. The molecule has 1 aliphatic heterocycles. The summed E-state index contributed by atoms with van der Waals surface area (Å²) in [5.41, 5.74) is 7.26. The molecule has 1 aromatic rings. The Morgan fingerprint density at radius 2 is 2.10 bits per heavy atom. The van der Waals surface area contributed by atoms with Gasteiger partial charge in [-0.1, -0.05) is 12.1 Å². The zero-order valence-corrected chi connectivity index (χ0v) is 12.4. The third-order valence-corrected chi connectivity index (χ3v) is 3.81. The van der Waals surface area contributed by atoms with E-state index >= 15 is 0 Å². The Bertz CT molecular complexity index is 476. The number of nitrogens with two attached hydrogens (primary N) is 1. The fraction of sp³-hybridized carbons (Fsp3) is 0.533. The van der Waals surface area contributed by atoms with Crippen LogP contribution in [0.5, 0.6) is 5.75 Å². The Labute approximate surface area is 120 Å². The SMILES string of the molecule is COc1cccc(C(C(C)N)N2CCN(C)C(=O)C2)c1. The van der Waals surface area contributed by atoms with Gasteiger partial charge >= 0.3 is 0 Å². The van der Waals surface area contributed by atoms with Gasteiger partial charge in [-0.15, -0.1) is 0 Å². The summed E-state index contributed by atoms with van der Waals surface area (Å²) in [6, 6.07) is 7.88. The molecule has 110 valence electrons. The van der Waals surface area contributed by atoms with Gasteiger partial charge in [-0.05, 0) is 24.6 Å². The van der Waals surface area contributed by atoms with Crippen LogP contribution in [0.4, 0.5) is 0 Å². The number of rotatable bonds is 4. The van der Waals surface area contributed by atoms with E-state index in [4.69, 9.17) is 10.5 Å². The molecule has 0 aliphatic carbocycles. The Balaban J connectivity index is 2.24. The van der Waals surface area contributed by atoms with Crippen molar-refractivity contribution in [3.63, 3.8) is 0 Å². The number of likely N-dealkylation sites (N-methyl/N-ethyl adjacent to an activating group) is 1. The summed E-state index contributed by atoms with van der Waals surface area (Å²) < 4.78 is 5.28. The van der Waals surface area contributed by atoms with Crippen molar-refractivity contribution in [1.29, 1.82) is 0 Å². The van der Waals surface area contributed by atoms with E-state index in [0.29, 0.717) is 6.54 Å². The average Bonchev–Trinajstić information content (AvgIpc) is 2.43. The Hall–Kier alpha value is -1.59. The van der Waals surface area contributed by atoms with E-state index in [1.807, 2.05) is 38.2 Å². The highest BCUT2D eigenvalue weighted by molar-refractivity contribution is 5.78. The van der Waals surface area contributed by atoms with E-state index in [1.165, 1.54) is 0 Å². The van der Waals surface area contributed by atoms with Crippen LogP contribution in [0.2, 0.25) is 0 Å². The third-order valence-electron chi connectivity index (χ3n) is 3.81. The molecule has 2 unspecified atom stereocenters. The second-order valence-corrected chi connectivity index (χ2v) is 5.37. The molecule has 0 spiro atoms. The lowest BCUT2D eigenvalue weighted by atomic mass is 9.98. The summed E-state index contributed by atoms with van der Waals surface area (Å²) in [6.07, 6.45) is 0. The first-order valence-corrected chi connectivity index (χ1v) is 6.90. The number of benzene rings is 1. The Kier molecular flexibility index (Phi) is 4.62. The fourth-order valence-corrected chi connectivity index (χ4v) is 2.69. The summed E-state index contributed by atoms with van der Waals surface area (Å²) >= 11 is 0. The predicted octanol–water partition coefficient (Wildman–Crippen LogP) is 0.857. The molecule has 0 radical (unpaired) electrons.